The van der Waals surface area contributed by atoms with E-state index in [0.717, 1.165) is 19.3 Å². The molecule has 1 fully saturated rings. The molecule has 5 nitrogen and oxygen atoms in total. The summed E-state index contributed by atoms with van der Waals surface area (Å²) in [5, 5.41) is 3.11. The van der Waals surface area contributed by atoms with Crippen molar-refractivity contribution in [3.63, 3.8) is 0 Å². The zero-order valence-electron chi connectivity index (χ0n) is 18.7. The fraction of sp³-hybridized carbons (Fsp3) is 0.440. The van der Waals surface area contributed by atoms with E-state index in [4.69, 9.17) is 4.74 Å². The Labute approximate surface area is 187 Å². The van der Waals surface area contributed by atoms with Gasteiger partial charge in [-0.05, 0) is 74.4 Å². The number of rotatable bonds is 6. The van der Waals surface area contributed by atoms with E-state index in [0.29, 0.717) is 30.1 Å². The van der Waals surface area contributed by atoms with Crippen LogP contribution in [0.5, 0.6) is 5.75 Å². The van der Waals surface area contributed by atoms with Gasteiger partial charge in [0.25, 0.3) is 5.91 Å². The Morgan fingerprint density at radius 2 is 1.75 bits per heavy atom. The third kappa shape index (κ3) is 6.05. The van der Waals surface area contributed by atoms with E-state index in [-0.39, 0.29) is 29.4 Å². The molecule has 1 aliphatic heterocycles. The summed E-state index contributed by atoms with van der Waals surface area (Å²) >= 11 is 0. The minimum atomic E-state index is -0.493. The van der Waals surface area contributed by atoms with Crippen molar-refractivity contribution in [3.05, 3.63) is 65.2 Å². The minimum Gasteiger partial charge on any atom is -0.410 e. The average Bonchev–Trinajstić information content (AvgIpc) is 2.76. The molecule has 2 amide bonds. The van der Waals surface area contributed by atoms with Crippen LogP contribution in [0.25, 0.3) is 0 Å². The highest BCUT2D eigenvalue weighted by atomic mass is 19.1. The molecule has 2 aromatic carbocycles. The van der Waals surface area contributed by atoms with Crippen LogP contribution in [0.1, 0.15) is 49.0 Å². The molecule has 7 heteroatoms. The number of ether oxygens (including phenoxy) is 1. The smallest absolute Gasteiger partial charge is 0.410 e. The summed E-state index contributed by atoms with van der Waals surface area (Å²) in [7, 11) is 0. The van der Waals surface area contributed by atoms with Gasteiger partial charge in [-0.25, -0.2) is 13.6 Å². The van der Waals surface area contributed by atoms with Crippen molar-refractivity contribution >= 4 is 12.0 Å². The van der Waals surface area contributed by atoms with Crippen LogP contribution in [0.4, 0.5) is 13.6 Å². The molecular formula is C25H30F2N2O3. The van der Waals surface area contributed by atoms with Crippen LogP contribution in [0.15, 0.2) is 42.5 Å². The van der Waals surface area contributed by atoms with Gasteiger partial charge in [0, 0.05) is 30.3 Å². The van der Waals surface area contributed by atoms with E-state index in [1.54, 1.807) is 17.9 Å². The Bertz CT molecular complexity index is 939. The van der Waals surface area contributed by atoms with E-state index in [2.05, 4.69) is 19.2 Å². The molecule has 0 aromatic heterocycles. The van der Waals surface area contributed by atoms with Crippen LogP contribution in [-0.4, -0.2) is 36.0 Å². The fourth-order valence-electron chi connectivity index (χ4n) is 4.07. The Kier molecular flexibility index (Phi) is 7.83. The molecule has 2 aromatic rings. The molecule has 32 heavy (non-hydrogen) atoms. The van der Waals surface area contributed by atoms with Gasteiger partial charge in [-0.3, -0.25) is 4.79 Å². The van der Waals surface area contributed by atoms with E-state index < -0.39 is 11.9 Å². The molecule has 172 valence electrons. The lowest BCUT2D eigenvalue weighted by Gasteiger charge is -2.36. The first kappa shape index (κ1) is 23.7. The van der Waals surface area contributed by atoms with E-state index in [1.165, 1.54) is 36.4 Å². The molecule has 3 rings (SSSR count). The van der Waals surface area contributed by atoms with E-state index in [1.807, 2.05) is 0 Å². The molecule has 1 N–H and O–H groups in total. The number of nitrogens with one attached hydrogen (secondary N) is 1. The largest absolute Gasteiger partial charge is 0.415 e. The highest BCUT2D eigenvalue weighted by Gasteiger charge is 2.31. The van der Waals surface area contributed by atoms with Crippen molar-refractivity contribution in [1.29, 1.82) is 0 Å². The summed E-state index contributed by atoms with van der Waals surface area (Å²) in [5.41, 5.74) is 0.725. The van der Waals surface area contributed by atoms with Crippen LogP contribution >= 0.6 is 0 Å². The first-order valence-electron chi connectivity index (χ1n) is 11.0. The number of hydrogen-bond acceptors (Lipinski definition) is 3. The van der Waals surface area contributed by atoms with E-state index >= 15 is 0 Å². The van der Waals surface area contributed by atoms with Crippen molar-refractivity contribution in [2.24, 2.45) is 11.8 Å². The van der Waals surface area contributed by atoms with Gasteiger partial charge in [-0.1, -0.05) is 19.9 Å². The predicted octanol–water partition coefficient (Wildman–Crippen LogP) is 5.33. The van der Waals surface area contributed by atoms with Gasteiger partial charge in [0.05, 0.1) is 0 Å². The number of amides is 2. The third-order valence-corrected chi connectivity index (χ3v) is 5.93. The van der Waals surface area contributed by atoms with Crippen LogP contribution in [0.2, 0.25) is 0 Å². The number of nitrogens with zero attached hydrogens (tertiary/aromatic N) is 1. The molecule has 0 saturated carbocycles. The number of piperidine rings is 1. The Morgan fingerprint density at radius 1 is 1.09 bits per heavy atom. The third-order valence-electron chi connectivity index (χ3n) is 5.93. The van der Waals surface area contributed by atoms with Gasteiger partial charge in [-0.15, -0.1) is 0 Å². The number of carbonyl (C=O) groups is 2. The first-order valence-corrected chi connectivity index (χ1v) is 11.0. The molecule has 0 bridgehead atoms. The predicted molar refractivity (Wildman–Crippen MR) is 119 cm³/mol. The summed E-state index contributed by atoms with van der Waals surface area (Å²) < 4.78 is 32.3. The fourth-order valence-corrected chi connectivity index (χ4v) is 4.07. The molecule has 1 heterocycles. The molecule has 1 saturated heterocycles. The molecule has 1 aliphatic rings. The van der Waals surface area contributed by atoms with Gasteiger partial charge in [0.1, 0.15) is 17.4 Å². The Morgan fingerprint density at radius 3 is 2.38 bits per heavy atom. The second-order valence-electron chi connectivity index (χ2n) is 8.77. The standard InChI is InChI=1S/C25H30F2N2O3/c1-16(2)15-22(28-24(30)19-7-9-20(26)10-8-19)18-11-13-29(14-12-18)25(31)32-23-6-4-5-21(27)17(23)3/h4-10,16,18,22H,11-15H2,1-3H3,(H,28,30). The quantitative estimate of drug-likeness (QED) is 0.655. The second kappa shape index (κ2) is 10.6. The first-order chi connectivity index (χ1) is 15.2. The highest BCUT2D eigenvalue weighted by molar-refractivity contribution is 5.94. The number of carbonyl (C=O) groups excluding carboxylic acids is 2. The average molecular weight is 445 g/mol. The van der Waals surface area contributed by atoms with Crippen molar-refractivity contribution in [2.45, 2.75) is 46.1 Å². The normalized spacial score (nSPS) is 15.5. The number of benzene rings is 2. The molecule has 1 unspecified atom stereocenters. The Balaban J connectivity index is 1.59. The minimum absolute atomic E-state index is 0.0452. The van der Waals surface area contributed by atoms with Gasteiger partial charge in [0.2, 0.25) is 0 Å². The van der Waals surface area contributed by atoms with Crippen LogP contribution in [-0.2, 0) is 0 Å². The lowest BCUT2D eigenvalue weighted by atomic mass is 9.85. The van der Waals surface area contributed by atoms with E-state index in [9.17, 15) is 18.4 Å². The van der Waals surface area contributed by atoms with Gasteiger partial charge in [-0.2, -0.15) is 0 Å². The van der Waals surface area contributed by atoms with Crippen molar-refractivity contribution in [2.75, 3.05) is 13.1 Å². The molecule has 0 radical (unpaired) electrons. The van der Waals surface area contributed by atoms with Gasteiger partial charge in [0.15, 0.2) is 0 Å². The van der Waals surface area contributed by atoms with Gasteiger partial charge >= 0.3 is 6.09 Å². The number of hydrogen-bond donors (Lipinski definition) is 1. The van der Waals surface area contributed by atoms with Crippen LogP contribution < -0.4 is 10.1 Å². The monoisotopic (exact) mass is 444 g/mol. The zero-order chi connectivity index (χ0) is 23.3. The summed E-state index contributed by atoms with van der Waals surface area (Å²) in [6.07, 6.45) is 1.76. The van der Waals surface area contributed by atoms with Crippen LogP contribution in [0, 0.1) is 30.4 Å². The van der Waals surface area contributed by atoms with Crippen molar-refractivity contribution < 1.29 is 23.1 Å². The SMILES string of the molecule is Cc1c(F)cccc1OC(=O)N1CCC(C(CC(C)C)NC(=O)c2ccc(F)cc2)CC1. The topological polar surface area (TPSA) is 58.6 Å². The molecule has 0 spiro atoms. The molecule has 1 atom stereocenters. The molecular weight excluding hydrogens is 414 g/mol. The summed E-state index contributed by atoms with van der Waals surface area (Å²) in [4.78, 5) is 26.9. The second-order valence-corrected chi connectivity index (χ2v) is 8.77. The molecule has 0 aliphatic carbocycles. The van der Waals surface area contributed by atoms with Crippen molar-refractivity contribution in [1.82, 2.24) is 10.2 Å². The highest BCUT2D eigenvalue weighted by Crippen LogP contribution is 2.27. The van der Waals surface area contributed by atoms with Crippen LogP contribution in [0.3, 0.4) is 0 Å². The number of halogens is 2. The lowest BCUT2D eigenvalue weighted by Crippen LogP contribution is -2.47. The summed E-state index contributed by atoms with van der Waals surface area (Å²) in [6.45, 7) is 6.78. The maximum absolute atomic E-state index is 13.7. The van der Waals surface area contributed by atoms with Gasteiger partial charge < -0.3 is 15.0 Å². The summed E-state index contributed by atoms with van der Waals surface area (Å²) in [6, 6.07) is 9.87. The summed E-state index contributed by atoms with van der Waals surface area (Å²) in [5.74, 6) is -0.204. The van der Waals surface area contributed by atoms with Crippen molar-refractivity contribution in [3.8, 4) is 5.75 Å². The maximum Gasteiger partial charge on any atom is 0.415 e. The zero-order valence-corrected chi connectivity index (χ0v) is 18.7. The number of likely N-dealkylation sites (tertiary alicyclic amines) is 1. The maximum atomic E-state index is 13.7. The lowest BCUT2D eigenvalue weighted by molar-refractivity contribution is 0.0871. The Hall–Kier alpha value is -2.96.